The van der Waals surface area contributed by atoms with Crippen LogP contribution in [0.25, 0.3) is 0 Å². The zero-order valence-electron chi connectivity index (χ0n) is 14.7. The number of sulfonamides is 1. The summed E-state index contributed by atoms with van der Waals surface area (Å²) >= 11 is 0. The summed E-state index contributed by atoms with van der Waals surface area (Å²) in [6.07, 6.45) is 0.925. The number of rotatable bonds is 10. The van der Waals surface area contributed by atoms with Gasteiger partial charge in [0.1, 0.15) is 6.04 Å². The maximum absolute atomic E-state index is 12.6. The van der Waals surface area contributed by atoms with Crippen LogP contribution in [0.4, 0.5) is 0 Å². The van der Waals surface area contributed by atoms with Gasteiger partial charge >= 0.3 is 0 Å². The molecule has 6 nitrogen and oxygen atoms in total. The SMILES string of the molecule is COCCCNC(=O)[C@@H](Cc1ccccc1)NS(=O)(=O)c1ccccc1. The van der Waals surface area contributed by atoms with Crippen molar-refractivity contribution in [3.63, 3.8) is 0 Å². The van der Waals surface area contributed by atoms with Crippen LogP contribution in [0, 0.1) is 0 Å². The normalized spacial score (nSPS) is 12.5. The van der Waals surface area contributed by atoms with Crippen molar-refractivity contribution in [2.24, 2.45) is 0 Å². The first-order valence-electron chi connectivity index (χ1n) is 8.41. The summed E-state index contributed by atoms with van der Waals surface area (Å²) in [6, 6.07) is 16.4. The summed E-state index contributed by atoms with van der Waals surface area (Å²) < 4.78 is 32.7. The second-order valence-electron chi connectivity index (χ2n) is 5.81. The van der Waals surface area contributed by atoms with Crippen LogP contribution in [0.15, 0.2) is 65.6 Å². The molecule has 0 radical (unpaired) electrons. The van der Waals surface area contributed by atoms with Gasteiger partial charge in [0.25, 0.3) is 0 Å². The lowest BCUT2D eigenvalue weighted by molar-refractivity contribution is -0.122. The first kappa shape index (κ1) is 20.1. The second kappa shape index (κ2) is 10.1. The predicted molar refractivity (Wildman–Crippen MR) is 100 cm³/mol. The molecule has 0 fully saturated rings. The van der Waals surface area contributed by atoms with Crippen LogP contribution in [0.2, 0.25) is 0 Å². The van der Waals surface area contributed by atoms with Gasteiger partial charge < -0.3 is 10.1 Å². The van der Waals surface area contributed by atoms with E-state index in [9.17, 15) is 13.2 Å². The third-order valence-corrected chi connectivity index (χ3v) is 5.26. The number of nitrogens with one attached hydrogen (secondary N) is 2. The molecule has 0 saturated carbocycles. The van der Waals surface area contributed by atoms with Crippen molar-refractivity contribution < 1.29 is 17.9 Å². The van der Waals surface area contributed by atoms with Crippen LogP contribution in [-0.4, -0.2) is 40.6 Å². The highest BCUT2D eigenvalue weighted by Crippen LogP contribution is 2.11. The molecule has 0 heterocycles. The molecule has 1 atom stereocenters. The summed E-state index contributed by atoms with van der Waals surface area (Å²) in [4.78, 5) is 12.7. The van der Waals surface area contributed by atoms with Crippen LogP contribution >= 0.6 is 0 Å². The van der Waals surface area contributed by atoms with Gasteiger partial charge in [-0.3, -0.25) is 4.79 Å². The van der Waals surface area contributed by atoms with Crippen molar-refractivity contribution in [2.45, 2.75) is 23.8 Å². The van der Waals surface area contributed by atoms with E-state index >= 15 is 0 Å². The van der Waals surface area contributed by atoms with E-state index in [4.69, 9.17) is 4.74 Å². The average molecular weight is 376 g/mol. The first-order valence-corrected chi connectivity index (χ1v) is 9.89. The van der Waals surface area contributed by atoms with E-state index in [2.05, 4.69) is 10.0 Å². The van der Waals surface area contributed by atoms with E-state index in [1.54, 1.807) is 25.3 Å². The Labute approximate surface area is 154 Å². The van der Waals surface area contributed by atoms with Crippen LogP contribution in [0.5, 0.6) is 0 Å². The molecule has 1 amide bonds. The standard InChI is InChI=1S/C19H24N2O4S/c1-25-14-8-13-20-19(22)18(15-16-9-4-2-5-10-16)21-26(23,24)17-11-6-3-7-12-17/h2-7,9-12,18,21H,8,13-15H2,1H3,(H,20,22)/t18-/m1/s1. The van der Waals surface area contributed by atoms with E-state index in [1.807, 2.05) is 30.3 Å². The Morgan fingerprint density at radius 2 is 1.65 bits per heavy atom. The lowest BCUT2D eigenvalue weighted by Gasteiger charge is -2.19. The molecule has 2 rings (SSSR count). The number of ether oxygens (including phenoxy) is 1. The third kappa shape index (κ3) is 6.25. The summed E-state index contributed by atoms with van der Waals surface area (Å²) in [5, 5.41) is 2.77. The topological polar surface area (TPSA) is 84.5 Å². The lowest BCUT2D eigenvalue weighted by atomic mass is 10.1. The molecule has 0 aromatic heterocycles. The van der Waals surface area contributed by atoms with Gasteiger partial charge in [-0.2, -0.15) is 4.72 Å². The van der Waals surface area contributed by atoms with E-state index in [0.717, 1.165) is 5.56 Å². The molecule has 0 aliphatic rings. The highest BCUT2D eigenvalue weighted by atomic mass is 32.2. The molecule has 0 bridgehead atoms. The van der Waals surface area contributed by atoms with Crippen LogP contribution in [0.3, 0.4) is 0 Å². The Hall–Kier alpha value is -2.22. The smallest absolute Gasteiger partial charge is 0.241 e. The molecule has 26 heavy (non-hydrogen) atoms. The molecule has 2 N–H and O–H groups in total. The van der Waals surface area contributed by atoms with Crippen molar-refractivity contribution >= 4 is 15.9 Å². The fourth-order valence-corrected chi connectivity index (χ4v) is 3.66. The number of hydrogen-bond donors (Lipinski definition) is 2. The largest absolute Gasteiger partial charge is 0.385 e. The number of carbonyl (C=O) groups excluding carboxylic acids is 1. The van der Waals surface area contributed by atoms with Gasteiger partial charge in [-0.1, -0.05) is 48.5 Å². The average Bonchev–Trinajstić information content (AvgIpc) is 2.66. The Morgan fingerprint density at radius 1 is 1.04 bits per heavy atom. The highest BCUT2D eigenvalue weighted by Gasteiger charge is 2.25. The van der Waals surface area contributed by atoms with Gasteiger partial charge in [0.15, 0.2) is 0 Å². The van der Waals surface area contributed by atoms with Crippen molar-refractivity contribution in [3.05, 3.63) is 66.2 Å². The first-order chi connectivity index (χ1) is 12.5. The lowest BCUT2D eigenvalue weighted by Crippen LogP contribution is -2.48. The van der Waals surface area contributed by atoms with E-state index in [0.29, 0.717) is 19.6 Å². The molecular formula is C19H24N2O4S. The molecule has 0 aliphatic carbocycles. The molecule has 140 valence electrons. The second-order valence-corrected chi connectivity index (χ2v) is 7.53. The van der Waals surface area contributed by atoms with Gasteiger partial charge in [0.2, 0.25) is 15.9 Å². The van der Waals surface area contributed by atoms with E-state index in [1.165, 1.54) is 12.1 Å². The van der Waals surface area contributed by atoms with E-state index < -0.39 is 16.1 Å². The minimum absolute atomic E-state index is 0.130. The molecule has 2 aromatic carbocycles. The summed E-state index contributed by atoms with van der Waals surface area (Å²) in [7, 11) is -2.20. The summed E-state index contributed by atoms with van der Waals surface area (Å²) in [5.74, 6) is -0.357. The van der Waals surface area contributed by atoms with E-state index in [-0.39, 0.29) is 17.2 Å². The van der Waals surface area contributed by atoms with Gasteiger partial charge in [-0.15, -0.1) is 0 Å². The van der Waals surface area contributed by atoms with Gasteiger partial charge in [-0.05, 0) is 30.5 Å². The molecule has 0 unspecified atom stereocenters. The predicted octanol–water partition coefficient (Wildman–Crippen LogP) is 1.73. The highest BCUT2D eigenvalue weighted by molar-refractivity contribution is 7.89. The van der Waals surface area contributed by atoms with Crippen molar-refractivity contribution in [1.82, 2.24) is 10.0 Å². The fourth-order valence-electron chi connectivity index (χ4n) is 2.44. The number of methoxy groups -OCH3 is 1. The van der Waals surface area contributed by atoms with Crippen molar-refractivity contribution in [3.8, 4) is 0 Å². The Kier molecular flexibility index (Phi) is 7.77. The monoisotopic (exact) mass is 376 g/mol. The minimum atomic E-state index is -3.80. The van der Waals surface area contributed by atoms with Gasteiger partial charge in [-0.25, -0.2) is 8.42 Å². The van der Waals surface area contributed by atoms with Gasteiger partial charge in [0.05, 0.1) is 4.90 Å². The minimum Gasteiger partial charge on any atom is -0.385 e. The van der Waals surface area contributed by atoms with Crippen LogP contribution in [0.1, 0.15) is 12.0 Å². The number of carbonyl (C=O) groups is 1. The maximum Gasteiger partial charge on any atom is 0.241 e. The Morgan fingerprint density at radius 3 is 2.27 bits per heavy atom. The quantitative estimate of drug-likeness (QED) is 0.619. The molecular weight excluding hydrogens is 352 g/mol. The van der Waals surface area contributed by atoms with Crippen LogP contribution < -0.4 is 10.0 Å². The molecule has 0 aliphatic heterocycles. The van der Waals surface area contributed by atoms with Crippen molar-refractivity contribution in [2.75, 3.05) is 20.3 Å². The number of amides is 1. The molecule has 7 heteroatoms. The molecule has 0 spiro atoms. The van der Waals surface area contributed by atoms with Crippen molar-refractivity contribution in [1.29, 1.82) is 0 Å². The Balaban J connectivity index is 2.13. The third-order valence-electron chi connectivity index (χ3n) is 3.77. The Bertz CT molecular complexity index is 780. The maximum atomic E-state index is 12.6. The number of benzene rings is 2. The zero-order valence-corrected chi connectivity index (χ0v) is 15.5. The van der Waals surface area contributed by atoms with Gasteiger partial charge in [0, 0.05) is 20.3 Å². The summed E-state index contributed by atoms with van der Waals surface area (Å²) in [5.41, 5.74) is 0.875. The van der Waals surface area contributed by atoms with Crippen LogP contribution in [-0.2, 0) is 26.0 Å². The molecule has 0 saturated heterocycles. The zero-order chi connectivity index (χ0) is 18.8. The fraction of sp³-hybridized carbons (Fsp3) is 0.316. The molecule has 2 aromatic rings. The number of hydrogen-bond acceptors (Lipinski definition) is 4. The summed E-state index contributed by atoms with van der Waals surface area (Å²) in [6.45, 7) is 0.949.